The van der Waals surface area contributed by atoms with Crippen molar-refractivity contribution in [1.29, 1.82) is 0 Å². The van der Waals surface area contributed by atoms with E-state index in [1.165, 1.54) is 24.3 Å². The normalized spacial score (nSPS) is 11.0. The second-order valence-electron chi connectivity index (χ2n) is 4.75. The number of hydrogen-bond acceptors (Lipinski definition) is 5. The van der Waals surface area contributed by atoms with Gasteiger partial charge in [-0.2, -0.15) is 0 Å². The molecule has 0 amide bonds. The maximum Gasteiger partial charge on any atom is 0.573 e. The molecule has 0 unspecified atom stereocenters. The van der Waals surface area contributed by atoms with Crippen LogP contribution in [0.5, 0.6) is 5.75 Å². The molecule has 0 aliphatic carbocycles. The highest BCUT2D eigenvalue weighted by Gasteiger charge is 2.31. The van der Waals surface area contributed by atoms with Crippen LogP contribution in [0.15, 0.2) is 42.5 Å². The lowest BCUT2D eigenvalue weighted by molar-refractivity contribution is -0.384. The summed E-state index contributed by atoms with van der Waals surface area (Å²) in [6, 6.07) is 8.35. The molecule has 25 heavy (non-hydrogen) atoms. The first-order chi connectivity index (χ1) is 11.7. The van der Waals surface area contributed by atoms with Crippen molar-refractivity contribution < 1.29 is 32.4 Å². The van der Waals surface area contributed by atoms with Gasteiger partial charge in [-0.25, -0.2) is 4.79 Å². The maximum atomic E-state index is 12.4. The predicted octanol–water partition coefficient (Wildman–Crippen LogP) is 4.34. The third-order valence-electron chi connectivity index (χ3n) is 3.09. The van der Waals surface area contributed by atoms with E-state index in [0.29, 0.717) is 0 Å². The molecule has 0 aliphatic heterocycles. The van der Waals surface area contributed by atoms with E-state index in [4.69, 9.17) is 4.74 Å². The Morgan fingerprint density at radius 1 is 1.20 bits per heavy atom. The summed E-state index contributed by atoms with van der Waals surface area (Å²) in [5, 5.41) is 11.3. The smallest absolute Gasteiger partial charge is 0.462 e. The van der Waals surface area contributed by atoms with Gasteiger partial charge in [-0.15, -0.1) is 13.2 Å². The fourth-order valence-corrected chi connectivity index (χ4v) is 2.22. The lowest BCUT2D eigenvalue weighted by Gasteiger charge is -2.12. The molecule has 6 nitrogen and oxygen atoms in total. The minimum absolute atomic E-state index is 0.0251. The van der Waals surface area contributed by atoms with E-state index in [1.54, 1.807) is 6.92 Å². The van der Waals surface area contributed by atoms with Gasteiger partial charge >= 0.3 is 12.3 Å². The van der Waals surface area contributed by atoms with Crippen LogP contribution in [0.3, 0.4) is 0 Å². The number of esters is 1. The lowest BCUT2D eigenvalue weighted by Crippen LogP contribution is -2.17. The van der Waals surface area contributed by atoms with Gasteiger partial charge in [-0.1, -0.05) is 18.2 Å². The first-order valence-corrected chi connectivity index (χ1v) is 7.03. The Labute approximate surface area is 139 Å². The average Bonchev–Trinajstić information content (AvgIpc) is 2.53. The molecule has 0 spiro atoms. The van der Waals surface area contributed by atoms with Gasteiger partial charge in [-0.05, 0) is 30.7 Å². The highest BCUT2D eigenvalue weighted by Crippen LogP contribution is 2.36. The van der Waals surface area contributed by atoms with Crippen molar-refractivity contribution in [2.75, 3.05) is 6.61 Å². The quantitative estimate of drug-likeness (QED) is 0.453. The maximum absolute atomic E-state index is 12.4. The molecule has 0 bridgehead atoms. The zero-order valence-corrected chi connectivity index (χ0v) is 12.9. The first-order valence-electron chi connectivity index (χ1n) is 7.03. The van der Waals surface area contributed by atoms with Gasteiger partial charge in [0.15, 0.2) is 0 Å². The van der Waals surface area contributed by atoms with Gasteiger partial charge in [-0.3, -0.25) is 10.1 Å². The summed E-state index contributed by atoms with van der Waals surface area (Å²) in [6.07, 6.45) is -4.91. The SMILES string of the molecule is CCOC(=O)c1cccc([N+](=O)[O-])c1-c1cccc(OC(F)(F)F)c1. The molecule has 2 rings (SSSR count). The zero-order chi connectivity index (χ0) is 18.6. The van der Waals surface area contributed by atoms with Crippen molar-refractivity contribution in [2.45, 2.75) is 13.3 Å². The number of carbonyl (C=O) groups is 1. The van der Waals surface area contributed by atoms with E-state index in [2.05, 4.69) is 4.74 Å². The molecule has 0 radical (unpaired) electrons. The highest BCUT2D eigenvalue weighted by molar-refractivity contribution is 6.00. The number of halogens is 3. The Kier molecular flexibility index (Phi) is 5.26. The minimum Gasteiger partial charge on any atom is -0.462 e. The van der Waals surface area contributed by atoms with E-state index >= 15 is 0 Å². The predicted molar refractivity (Wildman–Crippen MR) is 81.2 cm³/mol. The van der Waals surface area contributed by atoms with Crippen LogP contribution >= 0.6 is 0 Å². The summed E-state index contributed by atoms with van der Waals surface area (Å²) in [5.74, 6) is -1.37. The van der Waals surface area contributed by atoms with Gasteiger partial charge in [0.25, 0.3) is 5.69 Å². The van der Waals surface area contributed by atoms with Crippen molar-refractivity contribution in [1.82, 2.24) is 0 Å². The van der Waals surface area contributed by atoms with Gasteiger partial charge in [0.1, 0.15) is 5.75 Å². The van der Waals surface area contributed by atoms with Crippen molar-refractivity contribution in [2.24, 2.45) is 0 Å². The first kappa shape index (κ1) is 18.2. The molecular weight excluding hydrogens is 343 g/mol. The van der Waals surface area contributed by atoms with Crippen LogP contribution in [-0.2, 0) is 4.74 Å². The van der Waals surface area contributed by atoms with Gasteiger partial charge in [0, 0.05) is 6.07 Å². The van der Waals surface area contributed by atoms with Crippen molar-refractivity contribution >= 4 is 11.7 Å². The van der Waals surface area contributed by atoms with Crippen LogP contribution in [0.2, 0.25) is 0 Å². The standard InChI is InChI=1S/C16H12F3NO5/c1-2-24-15(21)12-7-4-8-13(20(22)23)14(12)10-5-3-6-11(9-10)25-16(17,18)19/h3-9H,2H2,1H3. The van der Waals surface area contributed by atoms with Crippen LogP contribution in [0.1, 0.15) is 17.3 Å². The molecule has 2 aromatic rings. The topological polar surface area (TPSA) is 78.7 Å². The Hall–Kier alpha value is -3.10. The van der Waals surface area contributed by atoms with E-state index < -0.39 is 28.7 Å². The Morgan fingerprint density at radius 3 is 2.48 bits per heavy atom. The Bertz CT molecular complexity index is 805. The van der Waals surface area contributed by atoms with Crippen molar-refractivity contribution in [3.05, 3.63) is 58.1 Å². The average molecular weight is 355 g/mol. The van der Waals surface area contributed by atoms with Crippen molar-refractivity contribution in [3.8, 4) is 16.9 Å². The fraction of sp³-hybridized carbons (Fsp3) is 0.188. The molecular formula is C16H12F3NO5. The monoisotopic (exact) mass is 355 g/mol. The molecule has 0 heterocycles. The second-order valence-corrected chi connectivity index (χ2v) is 4.75. The van der Waals surface area contributed by atoms with Crippen LogP contribution in [0, 0.1) is 10.1 Å². The van der Waals surface area contributed by atoms with E-state index in [1.807, 2.05) is 0 Å². The van der Waals surface area contributed by atoms with Crippen LogP contribution < -0.4 is 4.74 Å². The molecule has 9 heteroatoms. The molecule has 2 aromatic carbocycles. The molecule has 0 saturated heterocycles. The number of nitro benzene ring substituents is 1. The van der Waals surface area contributed by atoms with E-state index in [-0.39, 0.29) is 23.3 Å². The molecule has 0 saturated carbocycles. The number of benzene rings is 2. The van der Waals surface area contributed by atoms with Gasteiger partial charge in [0.2, 0.25) is 0 Å². The number of nitro groups is 1. The molecule has 0 N–H and O–H groups in total. The number of nitrogens with zero attached hydrogens (tertiary/aromatic N) is 1. The molecule has 0 aromatic heterocycles. The number of ether oxygens (including phenoxy) is 2. The Balaban J connectivity index is 2.62. The third-order valence-corrected chi connectivity index (χ3v) is 3.09. The zero-order valence-electron chi connectivity index (χ0n) is 12.9. The summed E-state index contributed by atoms with van der Waals surface area (Å²) in [4.78, 5) is 22.6. The van der Waals surface area contributed by atoms with Crippen LogP contribution in [-0.4, -0.2) is 23.9 Å². The van der Waals surface area contributed by atoms with Crippen molar-refractivity contribution in [3.63, 3.8) is 0 Å². The third kappa shape index (κ3) is 4.46. The second kappa shape index (κ2) is 7.20. The minimum atomic E-state index is -4.91. The molecule has 0 atom stereocenters. The van der Waals surface area contributed by atoms with Crippen LogP contribution in [0.25, 0.3) is 11.1 Å². The highest BCUT2D eigenvalue weighted by atomic mass is 19.4. The molecule has 0 aliphatic rings. The lowest BCUT2D eigenvalue weighted by atomic mass is 9.97. The van der Waals surface area contributed by atoms with E-state index in [0.717, 1.165) is 18.2 Å². The number of alkyl halides is 3. The summed E-state index contributed by atoms with van der Waals surface area (Å²) in [7, 11) is 0. The number of rotatable bonds is 5. The van der Waals surface area contributed by atoms with Gasteiger partial charge < -0.3 is 9.47 Å². The largest absolute Gasteiger partial charge is 0.573 e. The summed E-state index contributed by atoms with van der Waals surface area (Å²) in [6.45, 7) is 1.60. The van der Waals surface area contributed by atoms with E-state index in [9.17, 15) is 28.1 Å². The molecule has 0 fully saturated rings. The molecule has 132 valence electrons. The number of hydrogen-bond donors (Lipinski definition) is 0. The summed E-state index contributed by atoms with van der Waals surface area (Å²) in [5.41, 5.74) is -0.675. The van der Waals surface area contributed by atoms with Gasteiger partial charge in [0.05, 0.1) is 22.7 Å². The Morgan fingerprint density at radius 2 is 1.88 bits per heavy atom. The summed E-state index contributed by atoms with van der Waals surface area (Å²) < 4.78 is 45.8. The summed E-state index contributed by atoms with van der Waals surface area (Å²) >= 11 is 0. The number of carbonyl (C=O) groups excluding carboxylic acids is 1. The van der Waals surface area contributed by atoms with Crippen LogP contribution in [0.4, 0.5) is 18.9 Å². The fourth-order valence-electron chi connectivity index (χ4n) is 2.22.